The Hall–Kier alpha value is -1.07. The van der Waals surface area contributed by atoms with E-state index in [1.807, 2.05) is 13.8 Å². The highest BCUT2D eigenvalue weighted by atomic mass is 16.1. The highest BCUT2D eigenvalue weighted by molar-refractivity contribution is 5.99. The lowest BCUT2D eigenvalue weighted by Gasteiger charge is -2.06. The minimum atomic E-state index is 0.0809. The van der Waals surface area contributed by atoms with Gasteiger partial charge in [0, 0.05) is 17.9 Å². The Morgan fingerprint density at radius 2 is 2.18 bits per heavy atom. The maximum absolute atomic E-state index is 11.3. The molecule has 0 aliphatic heterocycles. The van der Waals surface area contributed by atoms with E-state index < -0.39 is 0 Å². The van der Waals surface area contributed by atoms with Crippen molar-refractivity contribution in [2.24, 2.45) is 5.92 Å². The van der Waals surface area contributed by atoms with E-state index in [-0.39, 0.29) is 11.7 Å². The highest BCUT2D eigenvalue weighted by Gasteiger charge is 2.12. The third kappa shape index (κ3) is 1.92. The second-order valence-corrected chi connectivity index (χ2v) is 2.81. The summed E-state index contributed by atoms with van der Waals surface area (Å²) in [4.78, 5) is 11.3. The van der Waals surface area contributed by atoms with Gasteiger partial charge in [-0.05, 0) is 18.2 Å². The molecule has 0 spiro atoms. The zero-order chi connectivity index (χ0) is 8.27. The average molecular weight is 147 g/mol. The predicted octanol–water partition coefficient (Wildman–Crippen LogP) is 2.07. The second-order valence-electron chi connectivity index (χ2n) is 2.81. The van der Waals surface area contributed by atoms with Gasteiger partial charge in [0.15, 0.2) is 5.78 Å². The lowest BCUT2D eigenvalue weighted by atomic mass is 9.97. The Kier molecular flexibility index (Phi) is 2.45. The van der Waals surface area contributed by atoms with E-state index in [9.17, 15) is 4.79 Å². The van der Waals surface area contributed by atoms with Crippen LogP contribution in [0.25, 0.3) is 0 Å². The minimum Gasteiger partial charge on any atom is -0.294 e. The molecule has 0 bridgehead atoms. The Bertz CT molecular complexity index is 250. The maximum Gasteiger partial charge on any atom is 0.162 e. The van der Waals surface area contributed by atoms with Gasteiger partial charge in [-0.15, -0.1) is 5.73 Å². The zero-order valence-electron chi connectivity index (χ0n) is 6.79. The third-order valence-electron chi connectivity index (χ3n) is 1.53. The van der Waals surface area contributed by atoms with Gasteiger partial charge in [0.05, 0.1) is 0 Å². The molecule has 0 amide bonds. The molecule has 57 valence electrons. The summed E-state index contributed by atoms with van der Waals surface area (Å²) in [5, 5.41) is 0. The predicted molar refractivity (Wildman–Crippen MR) is 44.9 cm³/mol. The van der Waals surface area contributed by atoms with Crippen molar-refractivity contribution in [3.05, 3.63) is 36.0 Å². The van der Waals surface area contributed by atoms with E-state index in [0.717, 1.165) is 5.57 Å². The topological polar surface area (TPSA) is 17.1 Å². The fraction of sp³-hybridized carbons (Fsp3) is 0.300. The van der Waals surface area contributed by atoms with Crippen molar-refractivity contribution in [2.75, 3.05) is 0 Å². The summed E-state index contributed by atoms with van der Waals surface area (Å²) in [5.74, 6) is 0.274. The van der Waals surface area contributed by atoms with Gasteiger partial charge in [0.25, 0.3) is 0 Å². The summed E-state index contributed by atoms with van der Waals surface area (Å²) in [6.45, 7) is 3.80. The molecule has 1 rings (SSSR count). The zero-order valence-corrected chi connectivity index (χ0v) is 6.79. The fourth-order valence-electron chi connectivity index (χ4n) is 0.884. The van der Waals surface area contributed by atoms with Gasteiger partial charge in [0.2, 0.25) is 0 Å². The average Bonchev–Trinajstić information content (AvgIpc) is 2.05. The van der Waals surface area contributed by atoms with Crippen LogP contribution < -0.4 is 0 Å². The van der Waals surface area contributed by atoms with Gasteiger partial charge in [-0.25, -0.2) is 0 Å². The van der Waals surface area contributed by atoms with E-state index in [0.29, 0.717) is 0 Å². The summed E-state index contributed by atoms with van der Waals surface area (Å²) < 4.78 is 0. The van der Waals surface area contributed by atoms with Gasteiger partial charge in [0.1, 0.15) is 0 Å². The van der Waals surface area contributed by atoms with Gasteiger partial charge in [-0.2, -0.15) is 0 Å². The van der Waals surface area contributed by atoms with E-state index in [1.54, 1.807) is 24.6 Å². The van der Waals surface area contributed by atoms with Crippen molar-refractivity contribution in [2.45, 2.75) is 13.8 Å². The first kappa shape index (κ1) is 8.03. The summed E-state index contributed by atoms with van der Waals surface area (Å²) in [6, 6.07) is 0. The van der Waals surface area contributed by atoms with Crippen LogP contribution in [0.2, 0.25) is 0 Å². The fourth-order valence-corrected chi connectivity index (χ4v) is 0.884. The summed E-state index contributed by atoms with van der Waals surface area (Å²) in [6.07, 6.45) is 7.11. The molecule has 1 radical (unpaired) electrons. The van der Waals surface area contributed by atoms with Crippen LogP contribution in [-0.2, 0) is 4.79 Å². The molecule has 0 saturated carbocycles. The van der Waals surface area contributed by atoms with Crippen LogP contribution in [0.1, 0.15) is 13.8 Å². The molecule has 1 nitrogen and oxygen atoms in total. The Balaban J connectivity index is 2.71. The van der Waals surface area contributed by atoms with Crippen LogP contribution in [0.15, 0.2) is 29.5 Å². The van der Waals surface area contributed by atoms with Crippen LogP contribution in [0, 0.1) is 12.3 Å². The van der Waals surface area contributed by atoms with Crippen LogP contribution in [0.3, 0.4) is 0 Å². The van der Waals surface area contributed by atoms with Crippen LogP contribution in [0.4, 0.5) is 0 Å². The number of carbonyl (C=O) groups excluding carboxylic acids is 1. The van der Waals surface area contributed by atoms with E-state index >= 15 is 0 Å². The normalized spacial score (nSPS) is 15.4. The van der Waals surface area contributed by atoms with Crippen LogP contribution in [-0.4, -0.2) is 5.78 Å². The van der Waals surface area contributed by atoms with E-state index in [2.05, 4.69) is 5.73 Å². The number of carbonyl (C=O) groups is 1. The van der Waals surface area contributed by atoms with Crippen molar-refractivity contribution in [1.29, 1.82) is 0 Å². The summed E-state index contributed by atoms with van der Waals surface area (Å²) >= 11 is 0. The molecule has 0 aromatic heterocycles. The van der Waals surface area contributed by atoms with Crippen molar-refractivity contribution >= 4 is 5.78 Å². The van der Waals surface area contributed by atoms with Crippen molar-refractivity contribution in [1.82, 2.24) is 0 Å². The number of hydrogen-bond donors (Lipinski definition) is 0. The highest BCUT2D eigenvalue weighted by Crippen LogP contribution is 2.11. The molecule has 0 fully saturated rings. The molecule has 1 aliphatic rings. The molecule has 1 heteroatoms. The van der Waals surface area contributed by atoms with Crippen LogP contribution >= 0.6 is 0 Å². The SMILES string of the molecule is CC(C)C(=O)C1=CC=C=C[CH]1. The molecular formula is C10H11O. The van der Waals surface area contributed by atoms with Crippen molar-refractivity contribution in [3.63, 3.8) is 0 Å². The molecule has 0 saturated heterocycles. The first-order valence-electron chi connectivity index (χ1n) is 3.72. The largest absolute Gasteiger partial charge is 0.294 e. The summed E-state index contributed by atoms with van der Waals surface area (Å²) in [7, 11) is 0. The van der Waals surface area contributed by atoms with E-state index in [4.69, 9.17) is 0 Å². The molecule has 0 unspecified atom stereocenters. The Labute approximate surface area is 67.1 Å². The standard InChI is InChI=1S/C10H11O/c1-8(2)10(11)9-6-4-3-5-7-9/h4-8H,1-2H3. The van der Waals surface area contributed by atoms with Crippen molar-refractivity contribution in [3.8, 4) is 0 Å². The molecule has 0 aromatic rings. The van der Waals surface area contributed by atoms with Gasteiger partial charge in [-0.3, -0.25) is 4.79 Å². The number of Topliss-reactive ketones (excluding diaryl/α,β-unsaturated/α-hetero) is 1. The monoisotopic (exact) mass is 147 g/mol. The summed E-state index contributed by atoms with van der Waals surface area (Å²) in [5.41, 5.74) is 3.65. The lowest BCUT2D eigenvalue weighted by Crippen LogP contribution is -2.10. The molecule has 0 heterocycles. The Morgan fingerprint density at radius 3 is 2.64 bits per heavy atom. The third-order valence-corrected chi connectivity index (χ3v) is 1.53. The molecule has 1 aliphatic carbocycles. The number of ketones is 1. The number of hydrogen-bond acceptors (Lipinski definition) is 1. The molecule has 11 heavy (non-hydrogen) atoms. The lowest BCUT2D eigenvalue weighted by molar-refractivity contribution is -0.118. The smallest absolute Gasteiger partial charge is 0.162 e. The first-order chi connectivity index (χ1) is 5.22. The van der Waals surface area contributed by atoms with Crippen LogP contribution in [0.5, 0.6) is 0 Å². The first-order valence-corrected chi connectivity index (χ1v) is 3.72. The van der Waals surface area contributed by atoms with Gasteiger partial charge in [-0.1, -0.05) is 13.8 Å². The number of rotatable bonds is 2. The second kappa shape index (κ2) is 3.36. The molecule has 0 aromatic carbocycles. The van der Waals surface area contributed by atoms with Crippen molar-refractivity contribution < 1.29 is 4.79 Å². The molecular weight excluding hydrogens is 136 g/mol. The molecule has 0 N–H and O–H groups in total. The van der Waals surface area contributed by atoms with Gasteiger partial charge < -0.3 is 0 Å². The Morgan fingerprint density at radius 1 is 1.45 bits per heavy atom. The molecule has 0 atom stereocenters. The van der Waals surface area contributed by atoms with Gasteiger partial charge >= 0.3 is 0 Å². The minimum absolute atomic E-state index is 0.0809. The van der Waals surface area contributed by atoms with E-state index in [1.165, 1.54) is 0 Å². The number of allylic oxidation sites excluding steroid dienone is 3. The maximum atomic E-state index is 11.3. The quantitative estimate of drug-likeness (QED) is 0.546.